The van der Waals surface area contributed by atoms with Crippen LogP contribution in [0, 0.1) is 34.0 Å². The molecule has 0 amide bonds. The summed E-state index contributed by atoms with van der Waals surface area (Å²) in [6.07, 6.45) is 72.1. The van der Waals surface area contributed by atoms with Gasteiger partial charge in [0.15, 0.2) is 0 Å². The van der Waals surface area contributed by atoms with Gasteiger partial charge in [0.25, 0.3) is 0 Å². The van der Waals surface area contributed by atoms with Crippen LogP contribution >= 0.6 is 0 Å². The molecule has 3 aliphatic rings. The summed E-state index contributed by atoms with van der Waals surface area (Å²) >= 11 is 0. The van der Waals surface area contributed by atoms with Crippen LogP contribution in [0.25, 0.3) is 0 Å². The highest BCUT2D eigenvalue weighted by Gasteiger charge is 2.59. The molecule has 3 rings (SSSR count). The van der Waals surface area contributed by atoms with Crippen molar-refractivity contribution in [2.45, 2.75) is 272 Å². The van der Waals surface area contributed by atoms with Crippen LogP contribution in [-0.2, 0) is 0 Å². The highest BCUT2D eigenvalue weighted by molar-refractivity contribution is 5.10. The summed E-state index contributed by atoms with van der Waals surface area (Å²) < 4.78 is 0. The number of fused-ring (bicyclic) bond motifs is 1. The van der Waals surface area contributed by atoms with Crippen molar-refractivity contribution in [2.24, 2.45) is 34.0 Å². The van der Waals surface area contributed by atoms with Crippen molar-refractivity contribution in [1.29, 1.82) is 0 Å². The van der Waals surface area contributed by atoms with E-state index in [0.717, 1.165) is 36.0 Å². The molecule has 3 aliphatic carbocycles. The summed E-state index contributed by atoms with van der Waals surface area (Å²) in [7, 11) is 0. The molecule has 0 heteroatoms. The molecule has 0 bridgehead atoms. The highest BCUT2D eigenvalue weighted by atomic mass is 14.6. The third-order valence-electron chi connectivity index (χ3n) is 15.3. The fraction of sp³-hybridized carbons (Fsp3) is 0.857. The number of hydrogen-bond acceptors (Lipinski definition) is 0. The number of rotatable bonds is 36. The van der Waals surface area contributed by atoms with Gasteiger partial charge in [-0.2, -0.15) is 0 Å². The maximum Gasteiger partial charge on any atom is -0.0169 e. The number of unbranched alkanes of at least 4 members (excludes halogenated alkanes) is 19. The van der Waals surface area contributed by atoms with Crippen LogP contribution in [0.15, 0.2) is 48.6 Å². The van der Waals surface area contributed by atoms with E-state index in [1.807, 2.05) is 0 Å². The van der Waals surface area contributed by atoms with Gasteiger partial charge in [-0.3, -0.25) is 0 Å². The van der Waals surface area contributed by atoms with Crippen molar-refractivity contribution in [3.05, 3.63) is 48.6 Å². The monoisotopic (exact) mass is 773 g/mol. The van der Waals surface area contributed by atoms with Crippen molar-refractivity contribution in [3.63, 3.8) is 0 Å². The molecule has 3 saturated carbocycles. The van der Waals surface area contributed by atoms with E-state index in [-0.39, 0.29) is 0 Å². The molecule has 0 saturated heterocycles. The Hall–Kier alpha value is -1.04. The lowest BCUT2D eigenvalue weighted by molar-refractivity contribution is -0.0584. The van der Waals surface area contributed by atoms with Gasteiger partial charge < -0.3 is 0 Å². The second kappa shape index (κ2) is 30.1. The molecule has 0 aromatic carbocycles. The molecule has 0 N–H and O–H groups in total. The summed E-state index contributed by atoms with van der Waals surface area (Å²) in [4.78, 5) is 0. The Balaban J connectivity index is 1.30. The predicted molar refractivity (Wildman–Crippen MR) is 254 cm³/mol. The lowest BCUT2D eigenvalue weighted by Gasteiger charge is -2.57. The van der Waals surface area contributed by atoms with Crippen LogP contribution < -0.4 is 0 Å². The second-order valence-electron chi connectivity index (χ2n) is 21.1. The molecule has 0 radical (unpaired) electrons. The first-order valence-corrected chi connectivity index (χ1v) is 25.9. The van der Waals surface area contributed by atoms with Crippen molar-refractivity contribution < 1.29 is 0 Å². The van der Waals surface area contributed by atoms with Gasteiger partial charge in [-0.15, -0.1) is 0 Å². The molecule has 0 aliphatic heterocycles. The summed E-state index contributed by atoms with van der Waals surface area (Å²) in [6.45, 7) is 11.9. The first-order valence-electron chi connectivity index (χ1n) is 25.9. The average Bonchev–Trinajstić information content (AvgIpc) is 3.72. The van der Waals surface area contributed by atoms with E-state index < -0.39 is 0 Å². The topological polar surface area (TPSA) is 0 Å². The van der Waals surface area contributed by atoms with Crippen LogP contribution in [0.5, 0.6) is 0 Å². The molecular formula is C56H100. The number of allylic oxidation sites excluding steroid dienone is 8. The summed E-state index contributed by atoms with van der Waals surface area (Å²) in [5.41, 5.74) is 2.04. The van der Waals surface area contributed by atoms with Crippen LogP contribution in [-0.4, -0.2) is 0 Å². The van der Waals surface area contributed by atoms with Gasteiger partial charge in [-0.1, -0.05) is 199 Å². The third-order valence-corrected chi connectivity index (χ3v) is 15.3. The Morgan fingerprint density at radius 1 is 0.464 bits per heavy atom. The van der Waals surface area contributed by atoms with Crippen LogP contribution in [0.4, 0.5) is 0 Å². The predicted octanol–water partition coefficient (Wildman–Crippen LogP) is 19.6. The fourth-order valence-corrected chi connectivity index (χ4v) is 11.8. The number of hydrogen-bond donors (Lipinski definition) is 0. The smallest absolute Gasteiger partial charge is 0.0169 e. The molecule has 1 unspecified atom stereocenters. The standard InChI is InChI=1S/C56H100/c1-6-9-11-13-15-17-19-21-23-25-27-29-31-33-35-38-43-55(44-39-36-34-32-30-28-26-24-22-20-18-16-14-12-10-7-2)49-56(50-55)47-52-45-51(46-53(52)48-56)41-37-40-42-54(4,5)8-3/h15-18,21-24,51-53H,6-14,19-20,25-50H2,1-5H3/b17-15-,18-16-,23-21-,24-22-/t51?,52-,53+. The minimum atomic E-state index is 0.555. The van der Waals surface area contributed by atoms with Gasteiger partial charge in [0, 0.05) is 0 Å². The van der Waals surface area contributed by atoms with Crippen LogP contribution in [0.3, 0.4) is 0 Å². The van der Waals surface area contributed by atoms with E-state index in [2.05, 4.69) is 83.2 Å². The van der Waals surface area contributed by atoms with E-state index in [4.69, 9.17) is 0 Å². The van der Waals surface area contributed by atoms with Crippen molar-refractivity contribution in [3.8, 4) is 0 Å². The zero-order valence-corrected chi connectivity index (χ0v) is 39.0. The first kappa shape index (κ1) is 49.3. The van der Waals surface area contributed by atoms with Gasteiger partial charge >= 0.3 is 0 Å². The van der Waals surface area contributed by atoms with Gasteiger partial charge in [-0.25, -0.2) is 0 Å². The minimum absolute atomic E-state index is 0.555. The first-order chi connectivity index (χ1) is 27.3. The Kier molecular flexibility index (Phi) is 26.5. The quantitative estimate of drug-likeness (QED) is 0.0439. The van der Waals surface area contributed by atoms with Gasteiger partial charge in [0.2, 0.25) is 0 Å². The molecular weight excluding hydrogens is 673 g/mol. The average molecular weight is 773 g/mol. The van der Waals surface area contributed by atoms with E-state index in [9.17, 15) is 0 Å². The molecule has 0 nitrogen and oxygen atoms in total. The molecule has 3 fully saturated rings. The second-order valence-corrected chi connectivity index (χ2v) is 21.1. The highest BCUT2D eigenvalue weighted by Crippen LogP contribution is 2.70. The molecule has 0 aromatic rings. The maximum absolute atomic E-state index is 2.47. The Bertz CT molecular complexity index is 978. The van der Waals surface area contributed by atoms with E-state index >= 15 is 0 Å². The molecule has 324 valence electrons. The normalized spacial score (nSPS) is 21.8. The van der Waals surface area contributed by atoms with Gasteiger partial charge in [-0.05, 0) is 156 Å². The van der Waals surface area contributed by atoms with E-state index in [0.29, 0.717) is 10.8 Å². The SMILES string of the molecule is CCCCC/C=C\C/C=C\CCCCCCCCC1(CCCCCCCC/C=C\C/C=C\CCCCC)CC2(C[C@H]3CC(CCCCC(C)(C)CC)C[C@H]3C2)C1. The summed E-state index contributed by atoms with van der Waals surface area (Å²) in [5, 5.41) is 0. The largest absolute Gasteiger partial charge is 0.0882 e. The maximum atomic E-state index is 2.47. The van der Waals surface area contributed by atoms with Crippen LogP contribution in [0.1, 0.15) is 272 Å². The van der Waals surface area contributed by atoms with E-state index in [1.54, 1.807) is 51.4 Å². The van der Waals surface area contributed by atoms with Crippen molar-refractivity contribution in [1.82, 2.24) is 0 Å². The van der Waals surface area contributed by atoms with E-state index in [1.165, 1.54) is 173 Å². The molecule has 1 spiro atoms. The van der Waals surface area contributed by atoms with Crippen molar-refractivity contribution in [2.75, 3.05) is 0 Å². The van der Waals surface area contributed by atoms with Crippen molar-refractivity contribution >= 4 is 0 Å². The molecule has 3 atom stereocenters. The zero-order valence-electron chi connectivity index (χ0n) is 39.0. The molecule has 0 heterocycles. The molecule has 56 heavy (non-hydrogen) atoms. The lowest BCUT2D eigenvalue weighted by atomic mass is 9.48. The zero-order chi connectivity index (χ0) is 40.1. The summed E-state index contributed by atoms with van der Waals surface area (Å²) in [6, 6.07) is 0. The summed E-state index contributed by atoms with van der Waals surface area (Å²) in [5.74, 6) is 3.25. The van der Waals surface area contributed by atoms with Gasteiger partial charge in [0.05, 0.1) is 0 Å². The Morgan fingerprint density at radius 2 is 0.875 bits per heavy atom. The third kappa shape index (κ3) is 21.3. The molecule has 0 aromatic heterocycles. The van der Waals surface area contributed by atoms with Crippen LogP contribution in [0.2, 0.25) is 0 Å². The Morgan fingerprint density at radius 3 is 1.30 bits per heavy atom. The van der Waals surface area contributed by atoms with Gasteiger partial charge in [0.1, 0.15) is 0 Å². The minimum Gasteiger partial charge on any atom is -0.0882 e. The Labute approximate surface area is 353 Å². The fourth-order valence-electron chi connectivity index (χ4n) is 11.8. The lowest BCUT2D eigenvalue weighted by Crippen LogP contribution is -2.45.